The second-order valence-corrected chi connectivity index (χ2v) is 5.26. The minimum atomic E-state index is -0.532. The van der Waals surface area contributed by atoms with E-state index in [2.05, 4.69) is 4.98 Å². The van der Waals surface area contributed by atoms with Gasteiger partial charge in [0.1, 0.15) is 5.60 Å². The number of rotatable bonds is 5. The van der Waals surface area contributed by atoms with Crippen LogP contribution in [0.4, 0.5) is 4.79 Å². The van der Waals surface area contributed by atoms with Gasteiger partial charge in [-0.05, 0) is 32.9 Å². The first kappa shape index (κ1) is 15.4. The summed E-state index contributed by atoms with van der Waals surface area (Å²) < 4.78 is 5.30. The Bertz CT molecular complexity index is 387. The number of ether oxygens (including phenoxy) is 1. The van der Waals surface area contributed by atoms with Gasteiger partial charge in [-0.25, -0.2) is 4.79 Å². The third-order valence-electron chi connectivity index (χ3n) is 2.39. The highest BCUT2D eigenvalue weighted by molar-refractivity contribution is 5.68. The minimum Gasteiger partial charge on any atom is -0.444 e. The Morgan fingerprint density at radius 2 is 2.11 bits per heavy atom. The normalized spacial score (nSPS) is 11.2. The topological polar surface area (TPSA) is 62.7 Å². The number of aliphatic hydroxyl groups excluding tert-OH is 1. The molecule has 0 aromatic carbocycles. The summed E-state index contributed by atoms with van der Waals surface area (Å²) in [6, 6.07) is 5.67. The van der Waals surface area contributed by atoms with Crippen molar-refractivity contribution in [2.45, 2.75) is 32.8 Å². The van der Waals surface area contributed by atoms with Crippen LogP contribution in [0.2, 0.25) is 0 Å². The van der Waals surface area contributed by atoms with Crippen molar-refractivity contribution in [1.29, 1.82) is 0 Å². The number of aromatic nitrogens is 1. The number of pyridine rings is 1. The van der Waals surface area contributed by atoms with Gasteiger partial charge in [0.2, 0.25) is 0 Å². The predicted octanol–water partition coefficient (Wildman–Crippen LogP) is 1.85. The van der Waals surface area contributed by atoms with Gasteiger partial charge in [0, 0.05) is 31.4 Å². The van der Waals surface area contributed by atoms with Crippen LogP contribution in [0.15, 0.2) is 24.4 Å². The predicted molar refractivity (Wildman–Crippen MR) is 72.8 cm³/mol. The van der Waals surface area contributed by atoms with Crippen LogP contribution in [0.5, 0.6) is 0 Å². The molecule has 1 rings (SSSR count). The average Bonchev–Trinajstić information content (AvgIpc) is 2.33. The van der Waals surface area contributed by atoms with Crippen LogP contribution in [0.25, 0.3) is 0 Å². The van der Waals surface area contributed by atoms with E-state index in [1.165, 1.54) is 4.90 Å². The average molecular weight is 266 g/mol. The van der Waals surface area contributed by atoms with Crippen molar-refractivity contribution in [1.82, 2.24) is 9.88 Å². The van der Waals surface area contributed by atoms with Gasteiger partial charge in [-0.2, -0.15) is 0 Å². The molecule has 0 spiro atoms. The van der Waals surface area contributed by atoms with Gasteiger partial charge >= 0.3 is 6.09 Å². The van der Waals surface area contributed by atoms with Crippen molar-refractivity contribution in [2.24, 2.45) is 0 Å². The maximum atomic E-state index is 11.9. The fourth-order valence-corrected chi connectivity index (χ4v) is 1.54. The number of amides is 1. The fraction of sp³-hybridized carbons (Fsp3) is 0.571. The van der Waals surface area contributed by atoms with E-state index in [9.17, 15) is 4.79 Å². The van der Waals surface area contributed by atoms with Gasteiger partial charge < -0.3 is 14.7 Å². The fourth-order valence-electron chi connectivity index (χ4n) is 1.54. The van der Waals surface area contributed by atoms with E-state index in [1.807, 2.05) is 39.0 Å². The number of carbonyl (C=O) groups excluding carboxylic acids is 1. The van der Waals surface area contributed by atoms with Crippen molar-refractivity contribution in [3.05, 3.63) is 30.1 Å². The summed E-state index contributed by atoms with van der Waals surface area (Å²) in [6.07, 6.45) is 1.96. The van der Waals surface area contributed by atoms with Crippen LogP contribution in [0.1, 0.15) is 26.5 Å². The van der Waals surface area contributed by atoms with Crippen molar-refractivity contribution < 1.29 is 14.6 Å². The van der Waals surface area contributed by atoms with E-state index < -0.39 is 11.7 Å². The summed E-state index contributed by atoms with van der Waals surface area (Å²) in [6.45, 7) is 6.12. The SMILES string of the molecule is CC(C)(C)OC(=O)N(CCO)CCc1ccccn1. The summed E-state index contributed by atoms with van der Waals surface area (Å²) in [4.78, 5) is 17.6. The molecule has 106 valence electrons. The Morgan fingerprint density at radius 3 is 2.63 bits per heavy atom. The maximum Gasteiger partial charge on any atom is 0.410 e. The van der Waals surface area contributed by atoms with Crippen LogP contribution in [0.3, 0.4) is 0 Å². The first-order chi connectivity index (χ1) is 8.92. The summed E-state index contributed by atoms with van der Waals surface area (Å²) in [5.74, 6) is 0. The maximum absolute atomic E-state index is 11.9. The van der Waals surface area contributed by atoms with Crippen LogP contribution in [-0.2, 0) is 11.2 Å². The number of carbonyl (C=O) groups is 1. The molecule has 5 nitrogen and oxygen atoms in total. The van der Waals surface area contributed by atoms with Gasteiger partial charge in [-0.15, -0.1) is 0 Å². The molecule has 0 saturated heterocycles. The second kappa shape index (κ2) is 7.09. The highest BCUT2D eigenvalue weighted by Crippen LogP contribution is 2.10. The quantitative estimate of drug-likeness (QED) is 0.883. The van der Waals surface area contributed by atoms with Crippen molar-refractivity contribution in [3.8, 4) is 0 Å². The number of hydrogen-bond donors (Lipinski definition) is 1. The first-order valence-corrected chi connectivity index (χ1v) is 6.41. The summed E-state index contributed by atoms with van der Waals surface area (Å²) in [7, 11) is 0. The van der Waals surface area contributed by atoms with E-state index in [4.69, 9.17) is 9.84 Å². The minimum absolute atomic E-state index is 0.0819. The molecule has 1 aromatic rings. The molecule has 0 aliphatic rings. The lowest BCUT2D eigenvalue weighted by Gasteiger charge is -2.26. The smallest absolute Gasteiger partial charge is 0.410 e. The molecule has 1 heterocycles. The molecule has 1 aromatic heterocycles. The van der Waals surface area contributed by atoms with Crippen molar-refractivity contribution in [2.75, 3.05) is 19.7 Å². The zero-order valence-corrected chi connectivity index (χ0v) is 11.8. The van der Waals surface area contributed by atoms with Crippen LogP contribution in [-0.4, -0.2) is 46.4 Å². The molecule has 0 bridgehead atoms. The molecule has 1 amide bonds. The molecule has 0 radical (unpaired) electrons. The third-order valence-corrected chi connectivity index (χ3v) is 2.39. The lowest BCUT2D eigenvalue weighted by molar-refractivity contribution is 0.0221. The Hall–Kier alpha value is -1.62. The van der Waals surface area contributed by atoms with Gasteiger partial charge in [-0.1, -0.05) is 6.07 Å². The van der Waals surface area contributed by atoms with Crippen LogP contribution < -0.4 is 0 Å². The molecule has 5 heteroatoms. The Morgan fingerprint density at radius 1 is 1.37 bits per heavy atom. The molecule has 19 heavy (non-hydrogen) atoms. The Kier molecular flexibility index (Phi) is 5.76. The van der Waals surface area contributed by atoms with Gasteiger partial charge in [-0.3, -0.25) is 4.98 Å². The molecular formula is C14H22N2O3. The molecule has 0 atom stereocenters. The molecule has 0 fully saturated rings. The van der Waals surface area contributed by atoms with E-state index in [0.717, 1.165) is 5.69 Å². The monoisotopic (exact) mass is 266 g/mol. The van der Waals surface area contributed by atoms with E-state index in [0.29, 0.717) is 13.0 Å². The Labute approximate surface area is 114 Å². The molecule has 0 unspecified atom stereocenters. The summed E-state index contributed by atoms with van der Waals surface area (Å²) in [5.41, 5.74) is 0.379. The van der Waals surface area contributed by atoms with E-state index in [1.54, 1.807) is 6.20 Å². The molecule has 0 saturated carbocycles. The summed E-state index contributed by atoms with van der Waals surface area (Å²) in [5, 5.41) is 9.02. The molecular weight excluding hydrogens is 244 g/mol. The van der Waals surface area contributed by atoms with E-state index in [-0.39, 0.29) is 13.2 Å². The zero-order chi connectivity index (χ0) is 14.3. The first-order valence-electron chi connectivity index (χ1n) is 6.41. The van der Waals surface area contributed by atoms with Crippen LogP contribution in [0, 0.1) is 0 Å². The van der Waals surface area contributed by atoms with Crippen molar-refractivity contribution in [3.63, 3.8) is 0 Å². The van der Waals surface area contributed by atoms with Gasteiger partial charge in [0.15, 0.2) is 0 Å². The van der Waals surface area contributed by atoms with Crippen molar-refractivity contribution >= 4 is 6.09 Å². The molecule has 0 aliphatic carbocycles. The largest absolute Gasteiger partial charge is 0.444 e. The van der Waals surface area contributed by atoms with Crippen LogP contribution >= 0.6 is 0 Å². The van der Waals surface area contributed by atoms with E-state index >= 15 is 0 Å². The molecule has 1 N–H and O–H groups in total. The summed E-state index contributed by atoms with van der Waals surface area (Å²) >= 11 is 0. The third kappa shape index (κ3) is 6.20. The van der Waals surface area contributed by atoms with Gasteiger partial charge in [0.25, 0.3) is 0 Å². The second-order valence-electron chi connectivity index (χ2n) is 5.26. The molecule has 0 aliphatic heterocycles. The lowest BCUT2D eigenvalue weighted by Crippen LogP contribution is -2.39. The number of nitrogens with zero attached hydrogens (tertiary/aromatic N) is 2. The van der Waals surface area contributed by atoms with Gasteiger partial charge in [0.05, 0.1) is 6.61 Å². The zero-order valence-electron chi connectivity index (χ0n) is 11.8. The number of hydrogen-bond acceptors (Lipinski definition) is 4. The highest BCUT2D eigenvalue weighted by atomic mass is 16.6. The standard InChI is InChI=1S/C14H22N2O3/c1-14(2,3)19-13(18)16(10-11-17)9-7-12-6-4-5-8-15-12/h4-6,8,17H,7,9-11H2,1-3H3. The highest BCUT2D eigenvalue weighted by Gasteiger charge is 2.21. The Balaban J connectivity index is 2.55. The number of aliphatic hydroxyl groups is 1. The lowest BCUT2D eigenvalue weighted by atomic mass is 10.2.